The quantitative estimate of drug-likeness (QED) is 0.670. The van der Waals surface area contributed by atoms with E-state index >= 15 is 0 Å². The molecular formula is C11H20N4O2S2. The number of nitrogens with zero attached hydrogens (tertiary/aromatic N) is 2. The zero-order valence-electron chi connectivity index (χ0n) is 11.2. The first-order valence-corrected chi connectivity index (χ1v) is 8.96. The molecule has 0 aliphatic carbocycles. The number of aromatic nitrogens is 2. The molecule has 0 aliphatic rings. The van der Waals surface area contributed by atoms with Gasteiger partial charge in [-0.3, -0.25) is 0 Å². The number of thioether (sulfide) groups is 1. The SMILES string of the molecule is CNc1ncc(S(=O)(=O)NCCCCCSC)cn1. The fourth-order valence-electron chi connectivity index (χ4n) is 1.42. The number of anilines is 1. The number of unbranched alkanes of at least 4 members (excludes halogenated alkanes) is 2. The molecule has 0 spiro atoms. The molecule has 0 saturated carbocycles. The third-order valence-corrected chi connectivity index (χ3v) is 4.59. The van der Waals surface area contributed by atoms with Gasteiger partial charge in [0.15, 0.2) is 0 Å². The minimum atomic E-state index is -3.49. The van der Waals surface area contributed by atoms with Crippen molar-refractivity contribution in [2.75, 3.05) is 30.9 Å². The largest absolute Gasteiger partial charge is 0.357 e. The predicted molar refractivity (Wildman–Crippen MR) is 79.0 cm³/mol. The van der Waals surface area contributed by atoms with E-state index in [4.69, 9.17) is 0 Å². The van der Waals surface area contributed by atoms with Crippen LogP contribution in [0.2, 0.25) is 0 Å². The maximum atomic E-state index is 11.9. The van der Waals surface area contributed by atoms with Gasteiger partial charge in [-0.15, -0.1) is 0 Å². The highest BCUT2D eigenvalue weighted by Gasteiger charge is 2.14. The van der Waals surface area contributed by atoms with Crippen molar-refractivity contribution in [1.82, 2.24) is 14.7 Å². The van der Waals surface area contributed by atoms with Crippen molar-refractivity contribution in [2.24, 2.45) is 0 Å². The molecule has 108 valence electrons. The Hall–Kier alpha value is -0.860. The Balaban J connectivity index is 2.42. The molecule has 0 radical (unpaired) electrons. The highest BCUT2D eigenvalue weighted by molar-refractivity contribution is 7.98. The van der Waals surface area contributed by atoms with Gasteiger partial charge in [-0.25, -0.2) is 23.1 Å². The summed E-state index contributed by atoms with van der Waals surface area (Å²) < 4.78 is 26.4. The smallest absolute Gasteiger partial charge is 0.243 e. The van der Waals surface area contributed by atoms with Crippen LogP contribution >= 0.6 is 11.8 Å². The van der Waals surface area contributed by atoms with Crippen molar-refractivity contribution in [1.29, 1.82) is 0 Å². The van der Waals surface area contributed by atoms with Crippen molar-refractivity contribution in [3.8, 4) is 0 Å². The van der Waals surface area contributed by atoms with Crippen LogP contribution in [0.3, 0.4) is 0 Å². The molecule has 0 aliphatic heterocycles. The molecule has 1 aromatic heterocycles. The topological polar surface area (TPSA) is 84.0 Å². The van der Waals surface area contributed by atoms with Crippen molar-refractivity contribution in [2.45, 2.75) is 24.2 Å². The molecule has 0 saturated heterocycles. The van der Waals surface area contributed by atoms with Crippen molar-refractivity contribution in [3.63, 3.8) is 0 Å². The first-order valence-electron chi connectivity index (χ1n) is 6.08. The molecular weight excluding hydrogens is 284 g/mol. The summed E-state index contributed by atoms with van der Waals surface area (Å²) in [5.41, 5.74) is 0. The van der Waals surface area contributed by atoms with Crippen molar-refractivity contribution < 1.29 is 8.42 Å². The van der Waals surface area contributed by atoms with Gasteiger partial charge >= 0.3 is 0 Å². The third-order valence-electron chi connectivity index (χ3n) is 2.48. The van der Waals surface area contributed by atoms with Gasteiger partial charge in [-0.1, -0.05) is 6.42 Å². The number of hydrogen-bond donors (Lipinski definition) is 2. The maximum absolute atomic E-state index is 11.9. The van der Waals surface area contributed by atoms with Gasteiger partial charge in [0.05, 0.1) is 12.4 Å². The third kappa shape index (κ3) is 5.75. The lowest BCUT2D eigenvalue weighted by atomic mass is 10.2. The fourth-order valence-corrected chi connectivity index (χ4v) is 2.88. The molecule has 0 aromatic carbocycles. The molecule has 2 N–H and O–H groups in total. The lowest BCUT2D eigenvalue weighted by Crippen LogP contribution is -2.25. The molecule has 1 rings (SSSR count). The molecule has 0 atom stereocenters. The van der Waals surface area contributed by atoms with Crippen LogP contribution in [0.25, 0.3) is 0 Å². The van der Waals surface area contributed by atoms with Gasteiger partial charge < -0.3 is 5.32 Å². The van der Waals surface area contributed by atoms with Gasteiger partial charge in [0.2, 0.25) is 16.0 Å². The van der Waals surface area contributed by atoms with Crippen LogP contribution in [0.4, 0.5) is 5.95 Å². The van der Waals surface area contributed by atoms with Crippen LogP contribution in [0.15, 0.2) is 17.3 Å². The molecule has 19 heavy (non-hydrogen) atoms. The lowest BCUT2D eigenvalue weighted by Gasteiger charge is -2.06. The second-order valence-corrected chi connectivity index (χ2v) is 6.70. The minimum absolute atomic E-state index is 0.0932. The van der Waals surface area contributed by atoms with Gasteiger partial charge in [0.1, 0.15) is 4.90 Å². The number of nitrogens with one attached hydrogen (secondary N) is 2. The van der Waals surface area contributed by atoms with E-state index in [2.05, 4.69) is 26.3 Å². The average Bonchev–Trinajstić information content (AvgIpc) is 2.43. The van der Waals surface area contributed by atoms with Crippen LogP contribution in [0.5, 0.6) is 0 Å². The fraction of sp³-hybridized carbons (Fsp3) is 0.636. The van der Waals surface area contributed by atoms with Gasteiger partial charge in [-0.2, -0.15) is 11.8 Å². The maximum Gasteiger partial charge on any atom is 0.243 e. The Kier molecular flexibility index (Phi) is 7.11. The minimum Gasteiger partial charge on any atom is -0.357 e. The van der Waals surface area contributed by atoms with E-state index in [1.54, 1.807) is 18.8 Å². The molecule has 0 fully saturated rings. The number of hydrogen-bond acceptors (Lipinski definition) is 6. The first kappa shape index (κ1) is 16.2. The normalized spacial score (nSPS) is 11.5. The summed E-state index contributed by atoms with van der Waals surface area (Å²) in [6.45, 7) is 0.449. The Morgan fingerprint density at radius 1 is 1.21 bits per heavy atom. The van der Waals surface area contributed by atoms with Crippen LogP contribution in [-0.2, 0) is 10.0 Å². The molecule has 6 nitrogen and oxygen atoms in total. The van der Waals surface area contributed by atoms with Gasteiger partial charge in [-0.05, 0) is 24.9 Å². The van der Waals surface area contributed by atoms with E-state index in [-0.39, 0.29) is 4.90 Å². The highest BCUT2D eigenvalue weighted by Crippen LogP contribution is 2.07. The molecule has 1 heterocycles. The zero-order chi connectivity index (χ0) is 14.1. The lowest BCUT2D eigenvalue weighted by molar-refractivity contribution is 0.575. The van der Waals surface area contributed by atoms with Gasteiger partial charge in [0.25, 0.3) is 0 Å². The molecule has 0 bridgehead atoms. The molecule has 1 aromatic rings. The Bertz CT molecular complexity index is 462. The van der Waals surface area contributed by atoms with E-state index in [1.165, 1.54) is 12.4 Å². The van der Waals surface area contributed by atoms with E-state index in [0.29, 0.717) is 12.5 Å². The van der Waals surface area contributed by atoms with E-state index in [9.17, 15) is 8.42 Å². The molecule has 0 amide bonds. The second kappa shape index (κ2) is 8.34. The summed E-state index contributed by atoms with van der Waals surface area (Å²) in [7, 11) is -1.81. The van der Waals surface area contributed by atoms with Gasteiger partial charge in [0, 0.05) is 13.6 Å². The average molecular weight is 304 g/mol. The van der Waals surface area contributed by atoms with E-state index in [1.807, 2.05) is 0 Å². The van der Waals surface area contributed by atoms with Crippen LogP contribution < -0.4 is 10.0 Å². The summed E-state index contributed by atoms with van der Waals surface area (Å²) in [6.07, 6.45) is 7.65. The van der Waals surface area contributed by atoms with Crippen molar-refractivity contribution in [3.05, 3.63) is 12.4 Å². The van der Waals surface area contributed by atoms with E-state index < -0.39 is 10.0 Å². The van der Waals surface area contributed by atoms with Crippen molar-refractivity contribution >= 4 is 27.7 Å². The second-order valence-electron chi connectivity index (χ2n) is 3.94. The Morgan fingerprint density at radius 2 is 1.89 bits per heavy atom. The van der Waals surface area contributed by atoms with Crippen LogP contribution in [0, 0.1) is 0 Å². The summed E-state index contributed by atoms with van der Waals surface area (Å²) in [5, 5.41) is 2.74. The zero-order valence-corrected chi connectivity index (χ0v) is 12.9. The number of rotatable bonds is 9. The molecule has 0 unspecified atom stereocenters. The highest BCUT2D eigenvalue weighted by atomic mass is 32.2. The van der Waals surface area contributed by atoms with E-state index in [0.717, 1.165) is 25.0 Å². The summed E-state index contributed by atoms with van der Waals surface area (Å²) in [4.78, 5) is 7.87. The number of sulfonamides is 1. The molecule has 8 heteroatoms. The summed E-state index contributed by atoms with van der Waals surface area (Å²) in [5.74, 6) is 1.52. The summed E-state index contributed by atoms with van der Waals surface area (Å²) >= 11 is 1.80. The summed E-state index contributed by atoms with van der Waals surface area (Å²) in [6, 6.07) is 0. The Labute approximate surface area is 118 Å². The van der Waals surface area contributed by atoms with Crippen LogP contribution in [0.1, 0.15) is 19.3 Å². The Morgan fingerprint density at radius 3 is 2.47 bits per heavy atom. The monoisotopic (exact) mass is 304 g/mol. The first-order chi connectivity index (χ1) is 9.10. The standard InChI is InChI=1S/C11H20N4O2S2/c1-12-11-13-8-10(9-14-11)19(16,17)15-6-4-3-5-7-18-2/h8-9,15H,3-7H2,1-2H3,(H,12,13,14). The van der Waals surface area contributed by atoms with Crippen LogP contribution in [-0.4, -0.2) is 44.0 Å². The predicted octanol–water partition coefficient (Wildman–Crippen LogP) is 1.33.